The van der Waals surface area contributed by atoms with Crippen LogP contribution in [0.15, 0.2) is 77.7 Å². The topological polar surface area (TPSA) is 105 Å². The monoisotopic (exact) mass is 440 g/mol. The van der Waals surface area contributed by atoms with E-state index in [1.54, 1.807) is 54.6 Å². The first-order chi connectivity index (χ1) is 14.9. The van der Waals surface area contributed by atoms with Crippen LogP contribution in [0.25, 0.3) is 0 Å². The van der Waals surface area contributed by atoms with E-state index in [1.807, 2.05) is 13.0 Å². The molecule has 0 unspecified atom stereocenters. The summed E-state index contributed by atoms with van der Waals surface area (Å²) in [4.78, 5) is 11.4. The Kier molecular flexibility index (Phi) is 7.15. The van der Waals surface area contributed by atoms with Crippen molar-refractivity contribution in [2.75, 3.05) is 16.6 Å². The maximum Gasteiger partial charge on any atom is 0.335 e. The lowest BCUT2D eigenvalue weighted by Gasteiger charge is -2.19. The lowest BCUT2D eigenvalue weighted by Crippen LogP contribution is -2.16. The molecule has 0 radical (unpaired) electrons. The van der Waals surface area contributed by atoms with Gasteiger partial charge in [-0.05, 0) is 42.8 Å². The fourth-order valence-corrected chi connectivity index (χ4v) is 4.12. The standard InChI is InChI=1S/C23H24N2O5S/c1-2-3-14-24-20-15-17(23(26)27)16-21(22(20)30-19-12-8-5-9-13-19)31(28,29)25-18-10-6-4-7-11-18/h4-13,15-16,24-25H,2-3,14H2,1H3,(H,26,27). The quantitative estimate of drug-likeness (QED) is 0.375. The fourth-order valence-electron chi connectivity index (χ4n) is 2.88. The van der Waals surface area contributed by atoms with Crippen molar-refractivity contribution in [3.63, 3.8) is 0 Å². The minimum atomic E-state index is -4.15. The van der Waals surface area contributed by atoms with Crippen LogP contribution in [0.5, 0.6) is 11.5 Å². The largest absolute Gasteiger partial charge is 0.478 e. The number of nitrogens with one attached hydrogen (secondary N) is 2. The molecular formula is C23H24N2O5S. The Morgan fingerprint density at radius 2 is 1.65 bits per heavy atom. The van der Waals surface area contributed by atoms with Gasteiger partial charge in [0.05, 0.1) is 11.3 Å². The molecule has 0 heterocycles. The Morgan fingerprint density at radius 3 is 2.26 bits per heavy atom. The van der Waals surface area contributed by atoms with Crippen molar-refractivity contribution in [3.05, 3.63) is 78.4 Å². The molecule has 7 nitrogen and oxygen atoms in total. The van der Waals surface area contributed by atoms with Gasteiger partial charge in [-0.2, -0.15) is 0 Å². The first-order valence-electron chi connectivity index (χ1n) is 9.86. The number of carboxylic acid groups (broad SMARTS) is 1. The van der Waals surface area contributed by atoms with Gasteiger partial charge in [-0.1, -0.05) is 49.7 Å². The number of hydrogen-bond acceptors (Lipinski definition) is 5. The van der Waals surface area contributed by atoms with Crippen molar-refractivity contribution in [2.45, 2.75) is 24.7 Å². The molecule has 3 rings (SSSR count). The van der Waals surface area contributed by atoms with E-state index in [0.29, 0.717) is 23.7 Å². The van der Waals surface area contributed by atoms with Gasteiger partial charge in [0.25, 0.3) is 10.0 Å². The average Bonchev–Trinajstić information content (AvgIpc) is 2.75. The van der Waals surface area contributed by atoms with Gasteiger partial charge < -0.3 is 15.2 Å². The van der Waals surface area contributed by atoms with Crippen LogP contribution in [-0.4, -0.2) is 26.0 Å². The van der Waals surface area contributed by atoms with Gasteiger partial charge in [-0.25, -0.2) is 13.2 Å². The zero-order chi connectivity index (χ0) is 22.3. The second-order valence-corrected chi connectivity index (χ2v) is 8.47. The summed E-state index contributed by atoms with van der Waals surface area (Å²) in [5.41, 5.74) is 0.493. The van der Waals surface area contributed by atoms with Crippen LogP contribution in [0.2, 0.25) is 0 Å². The first kappa shape index (κ1) is 22.2. The van der Waals surface area contributed by atoms with Crippen LogP contribution in [-0.2, 0) is 10.0 Å². The van der Waals surface area contributed by atoms with Crippen LogP contribution in [0.4, 0.5) is 11.4 Å². The van der Waals surface area contributed by atoms with Crippen molar-refractivity contribution >= 4 is 27.4 Å². The Balaban J connectivity index is 2.14. The maximum atomic E-state index is 13.3. The number of aromatic carboxylic acids is 1. The summed E-state index contributed by atoms with van der Waals surface area (Å²) < 4.78 is 35.0. The van der Waals surface area contributed by atoms with Gasteiger partial charge in [0.1, 0.15) is 10.6 Å². The van der Waals surface area contributed by atoms with E-state index < -0.39 is 16.0 Å². The number of anilines is 2. The number of rotatable bonds is 10. The maximum absolute atomic E-state index is 13.3. The SMILES string of the molecule is CCCCNc1cc(C(=O)O)cc(S(=O)(=O)Nc2ccccc2)c1Oc1ccccc1. The second-order valence-electron chi connectivity index (χ2n) is 6.82. The van der Waals surface area contributed by atoms with Crippen molar-refractivity contribution in [1.82, 2.24) is 0 Å². The molecule has 0 aliphatic carbocycles. The molecule has 0 saturated carbocycles. The first-order valence-corrected chi connectivity index (χ1v) is 11.3. The molecule has 0 amide bonds. The predicted octanol–water partition coefficient (Wildman–Crippen LogP) is 5.19. The normalized spacial score (nSPS) is 11.0. The molecule has 8 heteroatoms. The summed E-state index contributed by atoms with van der Waals surface area (Å²) in [7, 11) is -4.15. The number of sulfonamides is 1. The van der Waals surface area contributed by atoms with Crippen molar-refractivity contribution < 1.29 is 23.1 Å². The Hall–Kier alpha value is -3.52. The summed E-state index contributed by atoms with van der Waals surface area (Å²) in [6.45, 7) is 2.56. The average molecular weight is 441 g/mol. The number of carbonyl (C=O) groups is 1. The van der Waals surface area contributed by atoms with Crippen LogP contribution in [0.1, 0.15) is 30.1 Å². The summed E-state index contributed by atoms with van der Waals surface area (Å²) in [6, 6.07) is 19.6. The highest BCUT2D eigenvalue weighted by Gasteiger charge is 2.26. The molecule has 0 saturated heterocycles. The Bertz CT molecular complexity index is 1130. The highest BCUT2D eigenvalue weighted by atomic mass is 32.2. The summed E-state index contributed by atoms with van der Waals surface area (Å²) in [6.07, 6.45) is 1.74. The Morgan fingerprint density at radius 1 is 1.00 bits per heavy atom. The molecule has 0 spiro atoms. The zero-order valence-electron chi connectivity index (χ0n) is 17.0. The molecular weight excluding hydrogens is 416 g/mol. The van der Waals surface area contributed by atoms with Crippen LogP contribution in [0, 0.1) is 0 Å². The molecule has 0 atom stereocenters. The molecule has 0 bridgehead atoms. The smallest absolute Gasteiger partial charge is 0.335 e. The highest BCUT2D eigenvalue weighted by molar-refractivity contribution is 7.92. The minimum Gasteiger partial charge on any atom is -0.478 e. The van der Waals surface area contributed by atoms with E-state index in [1.165, 1.54) is 6.07 Å². The highest BCUT2D eigenvalue weighted by Crippen LogP contribution is 2.38. The molecule has 0 aliphatic rings. The van der Waals surface area contributed by atoms with E-state index in [0.717, 1.165) is 18.9 Å². The van der Waals surface area contributed by atoms with Gasteiger partial charge in [0.15, 0.2) is 5.75 Å². The zero-order valence-corrected chi connectivity index (χ0v) is 17.9. The van der Waals surface area contributed by atoms with E-state index in [9.17, 15) is 18.3 Å². The van der Waals surface area contributed by atoms with Gasteiger partial charge in [-0.3, -0.25) is 4.72 Å². The van der Waals surface area contributed by atoms with Crippen molar-refractivity contribution in [1.29, 1.82) is 0 Å². The number of ether oxygens (including phenoxy) is 1. The molecule has 3 N–H and O–H groups in total. The summed E-state index contributed by atoms with van der Waals surface area (Å²) >= 11 is 0. The van der Waals surface area contributed by atoms with E-state index >= 15 is 0 Å². The third kappa shape index (κ3) is 5.76. The van der Waals surface area contributed by atoms with Gasteiger partial charge >= 0.3 is 5.97 Å². The molecule has 3 aromatic rings. The number of unbranched alkanes of at least 4 members (excludes halogenated alkanes) is 1. The third-order valence-corrected chi connectivity index (χ3v) is 5.81. The molecule has 162 valence electrons. The van der Waals surface area contributed by atoms with Gasteiger partial charge in [0, 0.05) is 12.2 Å². The number of hydrogen-bond donors (Lipinski definition) is 3. The lowest BCUT2D eigenvalue weighted by molar-refractivity contribution is 0.0696. The van der Waals surface area contributed by atoms with E-state index in [2.05, 4.69) is 10.0 Å². The van der Waals surface area contributed by atoms with E-state index in [4.69, 9.17) is 4.74 Å². The number of para-hydroxylation sites is 2. The molecule has 0 aromatic heterocycles. The van der Waals surface area contributed by atoms with Crippen LogP contribution < -0.4 is 14.8 Å². The second kappa shape index (κ2) is 9.99. The predicted molar refractivity (Wildman–Crippen MR) is 121 cm³/mol. The molecule has 0 aliphatic heterocycles. The summed E-state index contributed by atoms with van der Waals surface area (Å²) in [5, 5.41) is 12.7. The Labute approximate surface area is 181 Å². The van der Waals surface area contributed by atoms with E-state index in [-0.39, 0.29) is 16.2 Å². The minimum absolute atomic E-state index is 0.0377. The molecule has 3 aromatic carbocycles. The van der Waals surface area contributed by atoms with Gasteiger partial charge in [0.2, 0.25) is 0 Å². The third-order valence-electron chi connectivity index (χ3n) is 4.43. The van der Waals surface area contributed by atoms with Crippen LogP contribution in [0.3, 0.4) is 0 Å². The number of benzene rings is 3. The lowest BCUT2D eigenvalue weighted by atomic mass is 10.1. The molecule has 31 heavy (non-hydrogen) atoms. The van der Waals surface area contributed by atoms with Gasteiger partial charge in [-0.15, -0.1) is 0 Å². The van der Waals surface area contributed by atoms with Crippen molar-refractivity contribution in [2.24, 2.45) is 0 Å². The van der Waals surface area contributed by atoms with Crippen LogP contribution >= 0.6 is 0 Å². The summed E-state index contributed by atoms with van der Waals surface area (Å²) in [5.74, 6) is -0.767. The van der Waals surface area contributed by atoms with Crippen molar-refractivity contribution in [3.8, 4) is 11.5 Å². The molecule has 0 fully saturated rings. The fraction of sp³-hybridized carbons (Fsp3) is 0.174. The number of carboxylic acids is 1.